The molecular weight excluding hydrogens is 350 g/mol. The third-order valence-corrected chi connectivity index (χ3v) is 6.20. The number of hydrogen-bond donors (Lipinski definition) is 1. The molecule has 1 fully saturated rings. The SMILES string of the molecule is CSc1cccc(NC(=O)C2CN(c3nc4ccc(C)cc4s3)C2)c1. The highest BCUT2D eigenvalue weighted by molar-refractivity contribution is 7.98. The number of hydrogen-bond acceptors (Lipinski definition) is 5. The first kappa shape index (κ1) is 16.4. The van der Waals surface area contributed by atoms with E-state index in [1.165, 1.54) is 10.3 Å². The number of carbonyl (C=O) groups excluding carboxylic acids is 1. The van der Waals surface area contributed by atoms with Crippen molar-refractivity contribution >= 4 is 50.0 Å². The van der Waals surface area contributed by atoms with E-state index >= 15 is 0 Å². The molecule has 0 radical (unpaired) electrons. The summed E-state index contributed by atoms with van der Waals surface area (Å²) >= 11 is 3.37. The van der Waals surface area contributed by atoms with Crippen molar-refractivity contribution in [2.24, 2.45) is 5.92 Å². The Labute approximate surface area is 155 Å². The molecule has 1 saturated heterocycles. The predicted molar refractivity (Wildman–Crippen MR) is 107 cm³/mol. The van der Waals surface area contributed by atoms with Crippen LogP contribution >= 0.6 is 23.1 Å². The van der Waals surface area contributed by atoms with Crippen LogP contribution in [0.2, 0.25) is 0 Å². The second-order valence-corrected chi connectivity index (χ2v) is 8.18. The number of thioether (sulfide) groups is 1. The van der Waals surface area contributed by atoms with Crippen molar-refractivity contribution in [1.29, 1.82) is 0 Å². The van der Waals surface area contributed by atoms with Crippen LogP contribution < -0.4 is 10.2 Å². The van der Waals surface area contributed by atoms with Crippen LogP contribution in [0, 0.1) is 12.8 Å². The molecular formula is C19H19N3OS2. The van der Waals surface area contributed by atoms with E-state index in [9.17, 15) is 4.79 Å². The van der Waals surface area contributed by atoms with Crippen LogP contribution in [0.3, 0.4) is 0 Å². The molecule has 4 nitrogen and oxygen atoms in total. The molecule has 3 aromatic rings. The van der Waals surface area contributed by atoms with Crippen LogP contribution in [-0.4, -0.2) is 30.2 Å². The minimum Gasteiger partial charge on any atom is -0.346 e. The van der Waals surface area contributed by atoms with Crippen molar-refractivity contribution in [2.75, 3.05) is 29.6 Å². The Bertz CT molecular complexity index is 931. The summed E-state index contributed by atoms with van der Waals surface area (Å²) in [5.74, 6) is 0.109. The van der Waals surface area contributed by atoms with Gasteiger partial charge in [-0.15, -0.1) is 11.8 Å². The number of aromatic nitrogens is 1. The largest absolute Gasteiger partial charge is 0.346 e. The van der Waals surface area contributed by atoms with Gasteiger partial charge in [-0.1, -0.05) is 23.5 Å². The average Bonchev–Trinajstić information content (AvgIpc) is 2.96. The molecule has 1 amide bonds. The molecule has 0 bridgehead atoms. The van der Waals surface area contributed by atoms with Crippen LogP contribution in [0.25, 0.3) is 10.2 Å². The highest BCUT2D eigenvalue weighted by Crippen LogP contribution is 2.33. The number of aryl methyl sites for hydroxylation is 1. The molecule has 128 valence electrons. The Morgan fingerprint density at radius 1 is 1.28 bits per heavy atom. The highest BCUT2D eigenvalue weighted by atomic mass is 32.2. The van der Waals surface area contributed by atoms with E-state index in [1.807, 2.05) is 30.5 Å². The zero-order chi connectivity index (χ0) is 17.4. The number of rotatable bonds is 4. The summed E-state index contributed by atoms with van der Waals surface area (Å²) < 4.78 is 1.21. The van der Waals surface area contributed by atoms with Crippen molar-refractivity contribution in [3.63, 3.8) is 0 Å². The summed E-state index contributed by atoms with van der Waals surface area (Å²) in [4.78, 5) is 20.4. The fourth-order valence-electron chi connectivity index (χ4n) is 2.90. The summed E-state index contributed by atoms with van der Waals surface area (Å²) in [7, 11) is 0. The van der Waals surface area contributed by atoms with Crippen LogP contribution in [0.1, 0.15) is 5.56 Å². The zero-order valence-corrected chi connectivity index (χ0v) is 15.8. The van der Waals surface area contributed by atoms with Crippen LogP contribution in [0.15, 0.2) is 47.4 Å². The fraction of sp³-hybridized carbons (Fsp3) is 0.263. The van der Waals surface area contributed by atoms with E-state index in [0.29, 0.717) is 0 Å². The number of fused-ring (bicyclic) bond motifs is 1. The number of amides is 1. The molecule has 1 N–H and O–H groups in total. The molecule has 1 aliphatic rings. The van der Waals surface area contributed by atoms with Gasteiger partial charge in [0, 0.05) is 23.7 Å². The minimum absolute atomic E-state index is 0.0201. The van der Waals surface area contributed by atoms with Crippen molar-refractivity contribution in [1.82, 2.24) is 4.98 Å². The van der Waals surface area contributed by atoms with E-state index in [2.05, 4.69) is 40.3 Å². The Balaban J connectivity index is 1.39. The van der Waals surface area contributed by atoms with Crippen LogP contribution in [-0.2, 0) is 4.79 Å². The van der Waals surface area contributed by atoms with Crippen molar-refractivity contribution < 1.29 is 4.79 Å². The topological polar surface area (TPSA) is 45.2 Å². The molecule has 0 saturated carbocycles. The van der Waals surface area contributed by atoms with Gasteiger partial charge in [-0.2, -0.15) is 0 Å². The van der Waals surface area contributed by atoms with Gasteiger partial charge in [-0.25, -0.2) is 4.98 Å². The van der Waals surface area contributed by atoms with E-state index in [1.54, 1.807) is 23.1 Å². The maximum atomic E-state index is 12.4. The predicted octanol–water partition coefficient (Wildman–Crippen LogP) is 4.40. The first-order valence-corrected chi connectivity index (χ1v) is 10.2. The number of carbonyl (C=O) groups is 1. The van der Waals surface area contributed by atoms with Crippen molar-refractivity contribution in [3.8, 4) is 0 Å². The molecule has 0 atom stereocenters. The van der Waals surface area contributed by atoms with Gasteiger partial charge in [-0.3, -0.25) is 4.79 Å². The lowest BCUT2D eigenvalue weighted by atomic mass is 10.00. The molecule has 0 spiro atoms. The van der Waals surface area contributed by atoms with Gasteiger partial charge < -0.3 is 10.2 Å². The molecule has 0 aliphatic carbocycles. The monoisotopic (exact) mass is 369 g/mol. The lowest BCUT2D eigenvalue weighted by molar-refractivity contribution is -0.120. The molecule has 2 aromatic carbocycles. The minimum atomic E-state index is 0.0201. The number of nitrogens with one attached hydrogen (secondary N) is 1. The molecule has 2 heterocycles. The first-order chi connectivity index (χ1) is 12.1. The van der Waals surface area contributed by atoms with Gasteiger partial charge in [0.1, 0.15) is 0 Å². The maximum Gasteiger partial charge on any atom is 0.231 e. The van der Waals surface area contributed by atoms with Gasteiger partial charge in [0.2, 0.25) is 5.91 Å². The molecule has 1 aliphatic heterocycles. The van der Waals surface area contributed by atoms with Crippen LogP contribution in [0.5, 0.6) is 0 Å². The normalized spacial score (nSPS) is 14.6. The standard InChI is InChI=1S/C19H19N3OS2/c1-12-6-7-16-17(8-12)25-19(21-16)22-10-13(11-22)18(23)20-14-4-3-5-15(9-14)24-2/h3-9,13H,10-11H2,1-2H3,(H,20,23). The van der Waals surface area contributed by atoms with Gasteiger partial charge in [-0.05, 0) is 49.1 Å². The molecule has 25 heavy (non-hydrogen) atoms. The van der Waals surface area contributed by atoms with Gasteiger partial charge in [0.15, 0.2) is 5.13 Å². The summed E-state index contributed by atoms with van der Waals surface area (Å²) in [6, 6.07) is 14.3. The summed E-state index contributed by atoms with van der Waals surface area (Å²) in [5, 5.41) is 4.04. The number of nitrogens with zero attached hydrogens (tertiary/aromatic N) is 2. The first-order valence-electron chi connectivity index (χ1n) is 8.19. The smallest absolute Gasteiger partial charge is 0.231 e. The second kappa shape index (κ2) is 6.69. The van der Waals surface area contributed by atoms with E-state index < -0.39 is 0 Å². The quantitative estimate of drug-likeness (QED) is 0.692. The Kier molecular flexibility index (Phi) is 4.39. The highest BCUT2D eigenvalue weighted by Gasteiger charge is 2.34. The Morgan fingerprint density at radius 3 is 2.92 bits per heavy atom. The molecule has 0 unspecified atom stereocenters. The third-order valence-electron chi connectivity index (χ3n) is 4.39. The van der Waals surface area contributed by atoms with E-state index in [4.69, 9.17) is 0 Å². The lowest BCUT2D eigenvalue weighted by Gasteiger charge is -2.37. The van der Waals surface area contributed by atoms with Crippen molar-refractivity contribution in [2.45, 2.75) is 11.8 Å². The fourth-order valence-corrected chi connectivity index (χ4v) is 4.44. The zero-order valence-electron chi connectivity index (χ0n) is 14.2. The summed E-state index contributed by atoms with van der Waals surface area (Å²) in [6.07, 6.45) is 2.03. The van der Waals surface area contributed by atoms with E-state index in [-0.39, 0.29) is 11.8 Å². The summed E-state index contributed by atoms with van der Waals surface area (Å²) in [6.45, 7) is 3.55. The Morgan fingerprint density at radius 2 is 2.12 bits per heavy atom. The van der Waals surface area contributed by atoms with Gasteiger partial charge >= 0.3 is 0 Å². The summed E-state index contributed by atoms with van der Waals surface area (Å²) in [5.41, 5.74) is 3.15. The average molecular weight is 370 g/mol. The van der Waals surface area contributed by atoms with Gasteiger partial charge in [0.05, 0.1) is 16.1 Å². The van der Waals surface area contributed by atoms with Gasteiger partial charge in [0.25, 0.3) is 0 Å². The van der Waals surface area contributed by atoms with Crippen LogP contribution in [0.4, 0.5) is 10.8 Å². The lowest BCUT2D eigenvalue weighted by Crippen LogP contribution is -2.52. The molecule has 1 aromatic heterocycles. The number of anilines is 2. The van der Waals surface area contributed by atoms with E-state index in [0.717, 1.165) is 34.3 Å². The van der Waals surface area contributed by atoms with Crippen molar-refractivity contribution in [3.05, 3.63) is 48.0 Å². The number of thiazole rings is 1. The third kappa shape index (κ3) is 3.37. The Hall–Kier alpha value is -2.05. The maximum absolute atomic E-state index is 12.4. The number of benzene rings is 2. The second-order valence-electron chi connectivity index (χ2n) is 6.29. The molecule has 4 rings (SSSR count). The molecule has 6 heteroatoms.